The van der Waals surface area contributed by atoms with Gasteiger partial charge in [-0.3, -0.25) is 9.69 Å². The molecule has 2 aliphatic rings. The lowest BCUT2D eigenvalue weighted by Crippen LogP contribution is -2.60. The zero-order chi connectivity index (χ0) is 19.7. The van der Waals surface area contributed by atoms with Crippen LogP contribution < -0.4 is 10.6 Å². The number of para-hydroxylation sites is 1. The van der Waals surface area contributed by atoms with E-state index in [2.05, 4.69) is 45.7 Å². The third kappa shape index (κ3) is 3.77. The highest BCUT2D eigenvalue weighted by Crippen LogP contribution is 2.30. The first kappa shape index (κ1) is 19.0. The van der Waals surface area contributed by atoms with E-state index < -0.39 is 0 Å². The second kappa shape index (κ2) is 7.93. The number of amidine groups is 1. The number of rotatable bonds is 3. The van der Waals surface area contributed by atoms with Gasteiger partial charge in [0.05, 0.1) is 12.1 Å². The molecule has 6 nitrogen and oxygen atoms in total. The Morgan fingerprint density at radius 1 is 1.25 bits per heavy atom. The Morgan fingerprint density at radius 3 is 2.75 bits per heavy atom. The van der Waals surface area contributed by atoms with Crippen molar-refractivity contribution in [1.29, 1.82) is 0 Å². The highest BCUT2D eigenvalue weighted by Gasteiger charge is 2.34. The first-order valence-electron chi connectivity index (χ1n) is 9.75. The molecule has 1 fully saturated rings. The van der Waals surface area contributed by atoms with Gasteiger partial charge in [0.15, 0.2) is 0 Å². The molecule has 2 aromatic rings. The quantitative estimate of drug-likeness (QED) is 0.835. The number of fused-ring (bicyclic) bond motifs is 1. The zero-order valence-corrected chi connectivity index (χ0v) is 17.4. The molecule has 1 aromatic heterocycles. The normalized spacial score (nSPS) is 22.2. The van der Waals surface area contributed by atoms with Gasteiger partial charge in [-0.25, -0.2) is 4.99 Å². The zero-order valence-electron chi connectivity index (χ0n) is 16.6. The van der Waals surface area contributed by atoms with E-state index in [0.29, 0.717) is 25.3 Å². The van der Waals surface area contributed by atoms with E-state index >= 15 is 0 Å². The Balaban J connectivity index is 1.41. The van der Waals surface area contributed by atoms with Crippen LogP contribution in [0.15, 0.2) is 40.7 Å². The molecule has 0 unspecified atom stereocenters. The SMILES string of the molecule is Cc1ccccc1NC(=O)CN1C[C@@H](C)N(C2=NCNc3sccc32)[C@@H](C)C1. The number of aryl methyl sites for hydroxylation is 1. The maximum atomic E-state index is 12.6. The smallest absolute Gasteiger partial charge is 0.238 e. The Kier molecular flexibility index (Phi) is 5.37. The summed E-state index contributed by atoms with van der Waals surface area (Å²) in [5.74, 6) is 1.13. The molecule has 4 rings (SSSR count). The van der Waals surface area contributed by atoms with Gasteiger partial charge in [0, 0.05) is 30.9 Å². The summed E-state index contributed by atoms with van der Waals surface area (Å²) in [4.78, 5) is 22.0. The van der Waals surface area contributed by atoms with Crippen LogP contribution in [0.4, 0.5) is 10.7 Å². The van der Waals surface area contributed by atoms with E-state index in [0.717, 1.165) is 30.2 Å². The molecule has 28 heavy (non-hydrogen) atoms. The molecule has 0 spiro atoms. The summed E-state index contributed by atoms with van der Waals surface area (Å²) in [6.07, 6.45) is 0. The lowest BCUT2D eigenvalue weighted by Gasteiger charge is -2.46. The Morgan fingerprint density at radius 2 is 2.00 bits per heavy atom. The maximum absolute atomic E-state index is 12.6. The van der Waals surface area contributed by atoms with Crippen molar-refractivity contribution in [2.75, 3.05) is 36.9 Å². The molecule has 2 N–H and O–H groups in total. The number of carbonyl (C=O) groups excluding carboxylic acids is 1. The van der Waals surface area contributed by atoms with Gasteiger partial charge in [0.2, 0.25) is 5.91 Å². The molecule has 1 amide bonds. The maximum Gasteiger partial charge on any atom is 0.238 e. The van der Waals surface area contributed by atoms with Crippen LogP contribution in [0, 0.1) is 6.92 Å². The first-order chi connectivity index (χ1) is 13.5. The average molecular weight is 398 g/mol. The van der Waals surface area contributed by atoms with Crippen molar-refractivity contribution in [3.63, 3.8) is 0 Å². The van der Waals surface area contributed by atoms with Crippen molar-refractivity contribution in [2.45, 2.75) is 32.9 Å². The molecule has 0 saturated carbocycles. The fourth-order valence-corrected chi connectivity index (χ4v) is 4.97. The van der Waals surface area contributed by atoms with E-state index in [9.17, 15) is 4.79 Å². The van der Waals surface area contributed by atoms with Gasteiger partial charge in [-0.15, -0.1) is 11.3 Å². The molecular weight excluding hydrogens is 370 g/mol. The molecule has 1 aromatic carbocycles. The van der Waals surface area contributed by atoms with Gasteiger partial charge in [0.1, 0.15) is 17.5 Å². The van der Waals surface area contributed by atoms with Crippen molar-refractivity contribution in [3.8, 4) is 0 Å². The lowest BCUT2D eigenvalue weighted by molar-refractivity contribution is -0.118. The van der Waals surface area contributed by atoms with Gasteiger partial charge in [-0.1, -0.05) is 18.2 Å². The highest BCUT2D eigenvalue weighted by atomic mass is 32.1. The summed E-state index contributed by atoms with van der Waals surface area (Å²) in [5.41, 5.74) is 3.17. The van der Waals surface area contributed by atoms with Gasteiger partial charge >= 0.3 is 0 Å². The highest BCUT2D eigenvalue weighted by molar-refractivity contribution is 7.14. The standard InChI is InChI=1S/C21H27N5OS/c1-14-6-4-5-7-18(14)24-19(27)12-25-10-15(2)26(16(3)11-25)20-17-8-9-28-21(17)23-13-22-20/h4-9,15-16,23H,10-13H2,1-3H3,(H,24,27)/t15-,16+. The number of nitrogens with zero attached hydrogens (tertiary/aromatic N) is 3. The number of anilines is 2. The topological polar surface area (TPSA) is 60.0 Å². The number of aliphatic imine (C=N–C) groups is 1. The number of hydrogen-bond acceptors (Lipinski definition) is 6. The monoisotopic (exact) mass is 397 g/mol. The van der Waals surface area contributed by atoms with Crippen molar-refractivity contribution in [2.24, 2.45) is 4.99 Å². The fourth-order valence-electron chi connectivity index (χ4n) is 4.20. The number of piperazine rings is 1. The minimum atomic E-state index is 0.0430. The van der Waals surface area contributed by atoms with E-state index in [4.69, 9.17) is 4.99 Å². The number of amides is 1. The van der Waals surface area contributed by atoms with E-state index in [-0.39, 0.29) is 5.91 Å². The second-order valence-electron chi connectivity index (χ2n) is 7.64. The predicted octanol–water partition coefficient (Wildman–Crippen LogP) is 3.22. The summed E-state index contributed by atoms with van der Waals surface area (Å²) < 4.78 is 0. The van der Waals surface area contributed by atoms with E-state index in [1.807, 2.05) is 31.2 Å². The first-order valence-corrected chi connectivity index (χ1v) is 10.6. The molecule has 2 aliphatic heterocycles. The molecule has 148 valence electrons. The summed E-state index contributed by atoms with van der Waals surface area (Å²) in [6, 6.07) is 10.6. The van der Waals surface area contributed by atoms with Crippen LogP contribution >= 0.6 is 11.3 Å². The predicted molar refractivity (Wildman–Crippen MR) is 116 cm³/mol. The van der Waals surface area contributed by atoms with Crippen LogP contribution in [0.3, 0.4) is 0 Å². The van der Waals surface area contributed by atoms with Gasteiger partial charge < -0.3 is 15.5 Å². The summed E-state index contributed by atoms with van der Waals surface area (Å²) in [5, 5.41) is 9.70. The minimum absolute atomic E-state index is 0.0430. The van der Waals surface area contributed by atoms with E-state index in [1.54, 1.807) is 11.3 Å². The second-order valence-corrected chi connectivity index (χ2v) is 8.56. The van der Waals surface area contributed by atoms with Crippen LogP contribution in [-0.4, -0.2) is 59.9 Å². The Hall–Kier alpha value is -2.38. The molecule has 0 radical (unpaired) electrons. The van der Waals surface area contributed by atoms with Crippen LogP contribution in [-0.2, 0) is 4.79 Å². The van der Waals surface area contributed by atoms with Crippen molar-refractivity contribution >= 4 is 33.8 Å². The van der Waals surface area contributed by atoms with Gasteiger partial charge in [-0.2, -0.15) is 0 Å². The van der Waals surface area contributed by atoms with Crippen molar-refractivity contribution in [3.05, 3.63) is 46.8 Å². The number of hydrogen-bond donors (Lipinski definition) is 2. The van der Waals surface area contributed by atoms with Crippen molar-refractivity contribution in [1.82, 2.24) is 9.80 Å². The van der Waals surface area contributed by atoms with Crippen LogP contribution in [0.25, 0.3) is 0 Å². The Labute approximate surface area is 170 Å². The summed E-state index contributed by atoms with van der Waals surface area (Å²) in [6.45, 7) is 9.18. The molecule has 0 aliphatic carbocycles. The van der Waals surface area contributed by atoms with Crippen LogP contribution in [0.2, 0.25) is 0 Å². The molecule has 2 atom stereocenters. The molecule has 0 bridgehead atoms. The van der Waals surface area contributed by atoms with Crippen LogP contribution in [0.5, 0.6) is 0 Å². The fraction of sp³-hybridized carbons (Fsp3) is 0.429. The minimum Gasteiger partial charge on any atom is -0.357 e. The molecule has 3 heterocycles. The summed E-state index contributed by atoms with van der Waals surface area (Å²) in [7, 11) is 0. The molecular formula is C21H27N5OS. The van der Waals surface area contributed by atoms with Crippen LogP contribution in [0.1, 0.15) is 25.0 Å². The molecule has 7 heteroatoms. The average Bonchev–Trinajstić information content (AvgIpc) is 3.12. The van der Waals surface area contributed by atoms with E-state index in [1.165, 1.54) is 10.6 Å². The lowest BCUT2D eigenvalue weighted by atomic mass is 10.1. The van der Waals surface area contributed by atoms with Gasteiger partial charge in [0.25, 0.3) is 0 Å². The number of thiophene rings is 1. The summed E-state index contributed by atoms with van der Waals surface area (Å²) >= 11 is 1.72. The number of nitrogens with one attached hydrogen (secondary N) is 2. The number of carbonyl (C=O) groups is 1. The third-order valence-electron chi connectivity index (χ3n) is 5.40. The van der Waals surface area contributed by atoms with Gasteiger partial charge in [-0.05, 0) is 43.8 Å². The Bertz CT molecular complexity index is 880. The number of benzene rings is 1. The third-order valence-corrected chi connectivity index (χ3v) is 6.27. The largest absolute Gasteiger partial charge is 0.357 e. The van der Waals surface area contributed by atoms with Crippen molar-refractivity contribution < 1.29 is 4.79 Å². The molecule has 1 saturated heterocycles.